The normalized spacial score (nSPS) is 22.1. The number of alkyl halides is 3. The second-order valence-electron chi connectivity index (χ2n) is 5.31. The van der Waals surface area contributed by atoms with Crippen LogP contribution in [-0.4, -0.2) is 47.7 Å². The van der Waals surface area contributed by atoms with E-state index in [-0.39, 0.29) is 13.1 Å². The molecule has 2 N–H and O–H groups in total. The Morgan fingerprint density at radius 1 is 1.30 bits per heavy atom. The smallest absolute Gasteiger partial charge is 0.393 e. The van der Waals surface area contributed by atoms with Crippen LogP contribution in [0.5, 0.6) is 0 Å². The number of hydrogen-bond acceptors (Lipinski definition) is 3. The molecule has 2 atom stereocenters. The fourth-order valence-electron chi connectivity index (χ4n) is 2.55. The molecule has 0 radical (unpaired) electrons. The molecule has 1 aromatic carbocycles. The molecule has 1 heterocycles. The van der Waals surface area contributed by atoms with Crippen LogP contribution in [0.15, 0.2) is 28.7 Å². The highest BCUT2D eigenvalue weighted by Crippen LogP contribution is 2.37. The van der Waals surface area contributed by atoms with Crippen molar-refractivity contribution in [3.8, 4) is 0 Å². The van der Waals surface area contributed by atoms with Gasteiger partial charge in [0.2, 0.25) is 5.91 Å². The first-order valence-corrected chi connectivity index (χ1v) is 7.54. The number of carboxylic acid groups (broad SMARTS) is 1. The number of aliphatic carboxylic acids is 1. The number of amides is 1. The lowest BCUT2D eigenvalue weighted by atomic mass is 9.96. The van der Waals surface area contributed by atoms with Gasteiger partial charge in [0.15, 0.2) is 0 Å². The van der Waals surface area contributed by atoms with E-state index in [1.807, 2.05) is 0 Å². The number of para-hydroxylation sites is 1. The molecule has 1 aliphatic rings. The quantitative estimate of drug-likeness (QED) is 0.823. The topological polar surface area (TPSA) is 69.6 Å². The Kier molecular flexibility index (Phi) is 5.30. The molecule has 9 heteroatoms. The van der Waals surface area contributed by atoms with Gasteiger partial charge in [0, 0.05) is 17.6 Å². The number of benzene rings is 1. The highest BCUT2D eigenvalue weighted by Gasteiger charge is 2.52. The summed E-state index contributed by atoms with van der Waals surface area (Å²) >= 11 is 3.25. The van der Waals surface area contributed by atoms with Gasteiger partial charge in [-0.3, -0.25) is 14.5 Å². The second-order valence-corrected chi connectivity index (χ2v) is 6.17. The van der Waals surface area contributed by atoms with E-state index < -0.39 is 36.4 Å². The number of carbonyl (C=O) groups excluding carboxylic acids is 1. The first-order chi connectivity index (χ1) is 10.7. The van der Waals surface area contributed by atoms with Crippen molar-refractivity contribution in [1.82, 2.24) is 4.90 Å². The van der Waals surface area contributed by atoms with Gasteiger partial charge in [-0.2, -0.15) is 13.2 Å². The predicted octanol–water partition coefficient (Wildman–Crippen LogP) is 2.58. The number of nitrogens with zero attached hydrogens (tertiary/aromatic N) is 1. The second kappa shape index (κ2) is 6.88. The van der Waals surface area contributed by atoms with Gasteiger partial charge >= 0.3 is 12.1 Å². The number of carboxylic acids is 1. The maximum atomic E-state index is 12.9. The number of halogens is 4. The average molecular weight is 395 g/mol. The Bertz CT molecular complexity index is 609. The van der Waals surface area contributed by atoms with Gasteiger partial charge in [-0.15, -0.1) is 0 Å². The summed E-state index contributed by atoms with van der Waals surface area (Å²) < 4.78 is 39.3. The Morgan fingerprint density at radius 2 is 1.96 bits per heavy atom. The summed E-state index contributed by atoms with van der Waals surface area (Å²) in [6, 6.07) is 6.82. The number of hydrogen-bond donors (Lipinski definition) is 2. The third-order valence-corrected chi connectivity index (χ3v) is 4.34. The number of nitrogens with one attached hydrogen (secondary N) is 1. The minimum Gasteiger partial charge on any atom is -0.481 e. The molecular weight excluding hydrogens is 381 g/mol. The summed E-state index contributed by atoms with van der Waals surface area (Å²) in [6.45, 7) is -1.09. The average Bonchev–Trinajstić information content (AvgIpc) is 2.85. The van der Waals surface area contributed by atoms with Crippen LogP contribution in [0.1, 0.15) is 0 Å². The molecule has 0 saturated carbocycles. The summed E-state index contributed by atoms with van der Waals surface area (Å²) in [6.07, 6.45) is -4.60. The first kappa shape index (κ1) is 17.7. The first-order valence-electron chi connectivity index (χ1n) is 6.74. The maximum absolute atomic E-state index is 12.9. The molecule has 5 nitrogen and oxygen atoms in total. The largest absolute Gasteiger partial charge is 0.481 e. The van der Waals surface area contributed by atoms with Crippen LogP contribution in [0.2, 0.25) is 0 Å². The van der Waals surface area contributed by atoms with Crippen molar-refractivity contribution in [2.45, 2.75) is 6.18 Å². The minimum atomic E-state index is -4.60. The number of carbonyl (C=O) groups is 2. The lowest BCUT2D eigenvalue weighted by molar-refractivity contribution is -0.188. The highest BCUT2D eigenvalue weighted by molar-refractivity contribution is 9.10. The fraction of sp³-hybridized carbons (Fsp3) is 0.429. The van der Waals surface area contributed by atoms with E-state index in [9.17, 15) is 22.8 Å². The monoisotopic (exact) mass is 394 g/mol. The van der Waals surface area contributed by atoms with Crippen molar-refractivity contribution in [3.05, 3.63) is 28.7 Å². The standard InChI is InChI=1S/C14H14BrF3N2O3/c15-10-3-1-2-4-11(10)19-12(21)7-20-5-8(13(22)23)9(6-20)14(16,17)18/h1-4,8-9H,5-7H2,(H,19,21)(H,22,23)/t8-,9-/m1/s1. The molecule has 1 fully saturated rings. The van der Waals surface area contributed by atoms with Gasteiger partial charge in [0.25, 0.3) is 0 Å². The summed E-state index contributed by atoms with van der Waals surface area (Å²) in [5, 5.41) is 11.5. The van der Waals surface area contributed by atoms with Crippen molar-refractivity contribution in [1.29, 1.82) is 0 Å². The van der Waals surface area contributed by atoms with Crippen molar-refractivity contribution in [3.63, 3.8) is 0 Å². The van der Waals surface area contributed by atoms with Crippen molar-refractivity contribution < 1.29 is 27.9 Å². The highest BCUT2D eigenvalue weighted by atomic mass is 79.9. The van der Waals surface area contributed by atoms with Gasteiger partial charge < -0.3 is 10.4 Å². The third-order valence-electron chi connectivity index (χ3n) is 3.65. The van der Waals surface area contributed by atoms with Crippen molar-refractivity contribution in [2.24, 2.45) is 11.8 Å². The molecule has 126 valence electrons. The van der Waals surface area contributed by atoms with Crippen LogP contribution in [0.25, 0.3) is 0 Å². The number of likely N-dealkylation sites (tertiary alicyclic amines) is 1. The van der Waals surface area contributed by atoms with E-state index in [1.165, 1.54) is 4.90 Å². The Balaban J connectivity index is 1.99. The van der Waals surface area contributed by atoms with Crippen molar-refractivity contribution in [2.75, 3.05) is 25.0 Å². The molecule has 2 rings (SSSR count). The molecule has 0 bridgehead atoms. The molecule has 0 aliphatic carbocycles. The van der Waals surface area contributed by atoms with E-state index in [0.717, 1.165) is 0 Å². The van der Waals surface area contributed by atoms with Gasteiger partial charge in [-0.1, -0.05) is 12.1 Å². The molecule has 0 unspecified atom stereocenters. The minimum absolute atomic E-state index is 0.294. The summed E-state index contributed by atoms with van der Waals surface area (Å²) in [5.41, 5.74) is 0.499. The van der Waals surface area contributed by atoms with E-state index >= 15 is 0 Å². The van der Waals surface area contributed by atoms with Crippen LogP contribution in [0, 0.1) is 11.8 Å². The van der Waals surface area contributed by atoms with E-state index in [2.05, 4.69) is 21.2 Å². The molecular formula is C14H14BrF3N2O3. The zero-order valence-electron chi connectivity index (χ0n) is 11.8. The lowest BCUT2D eigenvalue weighted by Gasteiger charge is -2.18. The molecule has 0 spiro atoms. The molecule has 0 aromatic heterocycles. The zero-order chi connectivity index (χ0) is 17.2. The van der Waals surface area contributed by atoms with Crippen LogP contribution in [0.4, 0.5) is 18.9 Å². The Labute approximate surface area is 138 Å². The molecule has 1 aliphatic heterocycles. The van der Waals surface area contributed by atoms with Crippen LogP contribution >= 0.6 is 15.9 Å². The van der Waals surface area contributed by atoms with Gasteiger partial charge in [-0.05, 0) is 28.1 Å². The van der Waals surface area contributed by atoms with Gasteiger partial charge in [0.1, 0.15) is 0 Å². The molecule has 1 aromatic rings. The van der Waals surface area contributed by atoms with Gasteiger partial charge in [0.05, 0.1) is 24.1 Å². The maximum Gasteiger partial charge on any atom is 0.393 e. The Hall–Kier alpha value is -1.61. The lowest BCUT2D eigenvalue weighted by Crippen LogP contribution is -2.34. The fourth-order valence-corrected chi connectivity index (χ4v) is 2.94. The Morgan fingerprint density at radius 3 is 2.48 bits per heavy atom. The summed E-state index contributed by atoms with van der Waals surface area (Å²) in [4.78, 5) is 24.2. The molecule has 23 heavy (non-hydrogen) atoms. The SMILES string of the molecule is O=C(CN1C[C@@H](C(F)(F)F)[C@H](C(=O)O)C1)Nc1ccccc1Br. The van der Waals surface area contributed by atoms with Crippen LogP contribution < -0.4 is 5.32 Å². The van der Waals surface area contributed by atoms with E-state index in [1.54, 1.807) is 24.3 Å². The molecule has 1 amide bonds. The van der Waals surface area contributed by atoms with E-state index in [4.69, 9.17) is 5.11 Å². The third kappa shape index (κ3) is 4.44. The van der Waals surface area contributed by atoms with Crippen molar-refractivity contribution >= 4 is 33.5 Å². The molecule has 1 saturated heterocycles. The zero-order valence-corrected chi connectivity index (χ0v) is 13.4. The van der Waals surface area contributed by atoms with Gasteiger partial charge in [-0.25, -0.2) is 0 Å². The van der Waals surface area contributed by atoms with E-state index in [0.29, 0.717) is 10.2 Å². The van der Waals surface area contributed by atoms with Crippen LogP contribution in [-0.2, 0) is 9.59 Å². The summed E-state index contributed by atoms with van der Waals surface area (Å²) in [7, 11) is 0. The number of anilines is 1. The number of rotatable bonds is 4. The predicted molar refractivity (Wildman–Crippen MR) is 79.9 cm³/mol. The van der Waals surface area contributed by atoms with Crippen LogP contribution in [0.3, 0.4) is 0 Å². The summed E-state index contributed by atoms with van der Waals surface area (Å²) in [5.74, 6) is -5.51.